The molecule has 0 N–H and O–H groups in total. The number of alkyl halides is 2. The first-order chi connectivity index (χ1) is 11.8. The summed E-state index contributed by atoms with van der Waals surface area (Å²) < 4.78 is 65.7. The molecule has 0 bridgehead atoms. The van der Waals surface area contributed by atoms with E-state index in [2.05, 4.69) is 4.74 Å². The molecular weight excluding hydrogens is 340 g/mol. The van der Waals surface area contributed by atoms with Crippen molar-refractivity contribution < 1.29 is 31.8 Å². The molecule has 0 fully saturated rings. The number of halogens is 4. The summed E-state index contributed by atoms with van der Waals surface area (Å²) in [6.45, 7) is 3.22. The quantitative estimate of drug-likeness (QED) is 0.512. The third-order valence-electron chi connectivity index (χ3n) is 3.33. The molecule has 0 unspecified atom stereocenters. The highest BCUT2D eigenvalue weighted by atomic mass is 19.3. The van der Waals surface area contributed by atoms with E-state index in [1.807, 2.05) is 0 Å². The van der Waals surface area contributed by atoms with Crippen LogP contribution in [0.5, 0.6) is 11.5 Å². The summed E-state index contributed by atoms with van der Waals surface area (Å²) in [5, 5.41) is 0. The predicted octanol–water partition coefficient (Wildman–Crippen LogP) is 5.08. The Morgan fingerprint density at radius 3 is 2.24 bits per heavy atom. The Hall–Kier alpha value is -2.57. The number of ether oxygens (including phenoxy) is 2. The molecule has 0 aliphatic heterocycles. The van der Waals surface area contributed by atoms with E-state index in [1.54, 1.807) is 6.92 Å². The second-order valence-corrected chi connectivity index (χ2v) is 5.29. The van der Waals surface area contributed by atoms with Gasteiger partial charge in [-0.25, -0.2) is 4.39 Å². The van der Waals surface area contributed by atoms with Crippen LogP contribution in [0.3, 0.4) is 0 Å². The largest absolute Gasteiger partial charge is 0.490 e. The highest BCUT2D eigenvalue weighted by Gasteiger charge is 2.39. The summed E-state index contributed by atoms with van der Waals surface area (Å²) in [6.07, 6.45) is -3.55. The Morgan fingerprint density at radius 1 is 1.04 bits per heavy atom. The first-order valence-corrected chi connectivity index (χ1v) is 7.55. The lowest BCUT2D eigenvalue weighted by Crippen LogP contribution is -2.24. The molecule has 0 saturated heterocycles. The SMILES string of the molecule is CCCOc1ccc(C(F)(F)Oc2ccc(C(C)=O)cc2)c(F)c1F. The maximum absolute atomic E-state index is 14.2. The summed E-state index contributed by atoms with van der Waals surface area (Å²) in [4.78, 5) is 11.2. The van der Waals surface area contributed by atoms with Crippen LogP contribution < -0.4 is 9.47 Å². The van der Waals surface area contributed by atoms with E-state index in [1.165, 1.54) is 19.1 Å². The van der Waals surface area contributed by atoms with Gasteiger partial charge in [0.1, 0.15) is 11.3 Å². The number of carbonyl (C=O) groups excluding carboxylic acids is 1. The molecule has 0 aliphatic carbocycles. The Bertz CT molecular complexity index is 758. The Morgan fingerprint density at radius 2 is 1.68 bits per heavy atom. The van der Waals surface area contributed by atoms with Crippen LogP contribution in [-0.4, -0.2) is 12.4 Å². The minimum atomic E-state index is -4.11. The average Bonchev–Trinajstić information content (AvgIpc) is 2.56. The molecule has 0 radical (unpaired) electrons. The van der Waals surface area contributed by atoms with E-state index >= 15 is 0 Å². The van der Waals surface area contributed by atoms with Gasteiger partial charge in [-0.1, -0.05) is 6.92 Å². The van der Waals surface area contributed by atoms with Crippen molar-refractivity contribution in [2.45, 2.75) is 26.4 Å². The minimum absolute atomic E-state index is 0.130. The summed E-state index contributed by atoms with van der Waals surface area (Å²) in [5.74, 6) is -4.21. The van der Waals surface area contributed by atoms with Crippen molar-refractivity contribution in [1.82, 2.24) is 0 Å². The van der Waals surface area contributed by atoms with Gasteiger partial charge in [-0.2, -0.15) is 13.2 Å². The number of Topliss-reactive ketones (excluding diaryl/α,β-unsaturated/α-hetero) is 1. The van der Waals surface area contributed by atoms with Crippen LogP contribution in [0.25, 0.3) is 0 Å². The van der Waals surface area contributed by atoms with E-state index in [-0.39, 0.29) is 18.1 Å². The molecule has 134 valence electrons. The zero-order valence-corrected chi connectivity index (χ0v) is 13.6. The maximum atomic E-state index is 14.2. The van der Waals surface area contributed by atoms with Crippen LogP contribution in [0.2, 0.25) is 0 Å². The van der Waals surface area contributed by atoms with Crippen molar-refractivity contribution in [2.75, 3.05) is 6.61 Å². The van der Waals surface area contributed by atoms with Crippen molar-refractivity contribution >= 4 is 5.78 Å². The molecule has 3 nitrogen and oxygen atoms in total. The van der Waals surface area contributed by atoms with Crippen LogP contribution in [0.15, 0.2) is 36.4 Å². The standard InChI is InChI=1S/C18H16F4O3/c1-3-10-24-15-9-8-14(16(19)17(15)20)18(21,22)25-13-6-4-12(5-7-13)11(2)23/h4-9H,3,10H2,1-2H3. The van der Waals surface area contributed by atoms with Crippen LogP contribution >= 0.6 is 0 Å². The summed E-state index contributed by atoms with van der Waals surface area (Å²) in [5.41, 5.74) is -0.935. The Kier molecular flexibility index (Phi) is 5.66. The minimum Gasteiger partial charge on any atom is -0.490 e. The monoisotopic (exact) mass is 356 g/mol. The van der Waals surface area contributed by atoms with Gasteiger partial charge in [0.05, 0.1) is 6.61 Å². The summed E-state index contributed by atoms with van der Waals surface area (Å²) >= 11 is 0. The smallest absolute Gasteiger partial charge is 0.429 e. The van der Waals surface area contributed by atoms with E-state index in [9.17, 15) is 22.4 Å². The zero-order valence-electron chi connectivity index (χ0n) is 13.6. The fraction of sp³-hybridized carbons (Fsp3) is 0.278. The molecule has 0 aliphatic rings. The number of rotatable bonds is 7. The molecule has 0 aromatic heterocycles. The number of carbonyl (C=O) groups is 1. The highest BCUT2D eigenvalue weighted by molar-refractivity contribution is 5.94. The molecule has 2 aromatic rings. The molecule has 2 aromatic carbocycles. The first kappa shape index (κ1) is 18.8. The van der Waals surface area contributed by atoms with Crippen molar-refractivity contribution in [3.8, 4) is 11.5 Å². The van der Waals surface area contributed by atoms with Crippen molar-refractivity contribution in [1.29, 1.82) is 0 Å². The molecule has 25 heavy (non-hydrogen) atoms. The molecule has 2 rings (SSSR count). The van der Waals surface area contributed by atoms with Gasteiger partial charge in [0.25, 0.3) is 0 Å². The lowest BCUT2D eigenvalue weighted by molar-refractivity contribution is -0.187. The van der Waals surface area contributed by atoms with Crippen molar-refractivity contribution in [3.63, 3.8) is 0 Å². The molecule has 7 heteroatoms. The fourth-order valence-electron chi connectivity index (χ4n) is 2.04. The predicted molar refractivity (Wildman–Crippen MR) is 83.1 cm³/mol. The second-order valence-electron chi connectivity index (χ2n) is 5.29. The van der Waals surface area contributed by atoms with Crippen LogP contribution in [0.1, 0.15) is 36.2 Å². The van der Waals surface area contributed by atoms with Gasteiger partial charge in [-0.15, -0.1) is 0 Å². The zero-order chi connectivity index (χ0) is 18.6. The molecule has 0 spiro atoms. The van der Waals surface area contributed by atoms with E-state index in [0.29, 0.717) is 18.1 Å². The van der Waals surface area contributed by atoms with E-state index in [0.717, 1.165) is 18.2 Å². The lowest BCUT2D eigenvalue weighted by Gasteiger charge is -2.19. The molecule has 0 atom stereocenters. The molecule has 0 amide bonds. The molecule has 0 heterocycles. The lowest BCUT2D eigenvalue weighted by atomic mass is 10.1. The number of ketones is 1. The van der Waals surface area contributed by atoms with Gasteiger partial charge < -0.3 is 9.47 Å². The molecule has 0 saturated carbocycles. The normalized spacial score (nSPS) is 11.3. The van der Waals surface area contributed by atoms with Crippen LogP contribution in [0, 0.1) is 11.6 Å². The van der Waals surface area contributed by atoms with Crippen LogP contribution in [0.4, 0.5) is 17.6 Å². The first-order valence-electron chi connectivity index (χ1n) is 7.55. The Labute approximate surface area is 142 Å². The number of hydrogen-bond donors (Lipinski definition) is 0. The van der Waals surface area contributed by atoms with Gasteiger partial charge in [0.2, 0.25) is 5.82 Å². The van der Waals surface area contributed by atoms with Crippen LogP contribution in [-0.2, 0) is 6.11 Å². The van der Waals surface area contributed by atoms with Gasteiger partial charge in [-0.3, -0.25) is 4.79 Å². The van der Waals surface area contributed by atoms with Gasteiger partial charge >= 0.3 is 6.11 Å². The fourth-order valence-corrected chi connectivity index (χ4v) is 2.04. The van der Waals surface area contributed by atoms with E-state index < -0.39 is 29.1 Å². The number of hydrogen-bond acceptors (Lipinski definition) is 3. The van der Waals surface area contributed by atoms with Gasteiger partial charge in [-0.05, 0) is 49.7 Å². The van der Waals surface area contributed by atoms with Gasteiger partial charge in [0, 0.05) is 5.56 Å². The van der Waals surface area contributed by atoms with E-state index in [4.69, 9.17) is 4.74 Å². The van der Waals surface area contributed by atoms with Crippen molar-refractivity contribution in [2.24, 2.45) is 0 Å². The second kappa shape index (κ2) is 7.55. The van der Waals surface area contributed by atoms with Gasteiger partial charge in [0.15, 0.2) is 17.3 Å². The summed E-state index contributed by atoms with van der Waals surface area (Å²) in [6, 6.07) is 6.54. The third-order valence-corrected chi connectivity index (χ3v) is 3.33. The average molecular weight is 356 g/mol. The molecular formula is C18H16F4O3. The topological polar surface area (TPSA) is 35.5 Å². The van der Waals surface area contributed by atoms with Crippen molar-refractivity contribution in [3.05, 3.63) is 59.2 Å². The Balaban J connectivity index is 2.26. The number of benzene rings is 2. The highest BCUT2D eigenvalue weighted by Crippen LogP contribution is 2.36. The maximum Gasteiger partial charge on any atom is 0.429 e. The third kappa shape index (κ3) is 4.29. The summed E-state index contributed by atoms with van der Waals surface area (Å²) in [7, 11) is 0.